The van der Waals surface area contributed by atoms with Crippen LogP contribution in [-0.2, 0) is 14.1 Å². The molecule has 0 aliphatic rings. The highest BCUT2D eigenvalue weighted by Gasteiger charge is 2.14. The SMILES string of the molecule is Cc1cccnc1NC(=O)c1ccc2c(=O)n(C)c(=O)n(C)c2n1. The number of nitrogens with one attached hydrogen (secondary N) is 1. The Labute approximate surface area is 136 Å². The van der Waals surface area contributed by atoms with E-state index in [0.29, 0.717) is 5.82 Å². The lowest BCUT2D eigenvalue weighted by atomic mass is 10.2. The van der Waals surface area contributed by atoms with Crippen LogP contribution in [0.2, 0.25) is 0 Å². The van der Waals surface area contributed by atoms with Crippen LogP contribution in [0.25, 0.3) is 11.0 Å². The third-order valence-electron chi connectivity index (χ3n) is 3.78. The van der Waals surface area contributed by atoms with Gasteiger partial charge in [0.1, 0.15) is 17.2 Å². The molecule has 122 valence electrons. The maximum Gasteiger partial charge on any atom is 0.332 e. The van der Waals surface area contributed by atoms with Gasteiger partial charge >= 0.3 is 5.69 Å². The van der Waals surface area contributed by atoms with Gasteiger partial charge in [-0.15, -0.1) is 0 Å². The van der Waals surface area contributed by atoms with E-state index in [1.807, 2.05) is 13.0 Å². The molecule has 0 bridgehead atoms. The minimum absolute atomic E-state index is 0.0933. The Kier molecular flexibility index (Phi) is 3.72. The fourth-order valence-electron chi connectivity index (χ4n) is 2.37. The van der Waals surface area contributed by atoms with Crippen LogP contribution in [-0.4, -0.2) is 25.0 Å². The standard InChI is InChI=1S/C16H15N5O3/c1-9-5-4-8-17-12(9)19-14(22)11-7-6-10-13(18-11)20(2)16(24)21(3)15(10)23/h4-8H,1-3H3,(H,17,19,22). The lowest BCUT2D eigenvalue weighted by Crippen LogP contribution is -2.37. The second kappa shape index (κ2) is 5.73. The summed E-state index contributed by atoms with van der Waals surface area (Å²) in [6.07, 6.45) is 1.57. The first-order valence-corrected chi connectivity index (χ1v) is 7.20. The van der Waals surface area contributed by atoms with Gasteiger partial charge in [-0.05, 0) is 30.7 Å². The van der Waals surface area contributed by atoms with Crippen molar-refractivity contribution in [2.75, 3.05) is 5.32 Å². The van der Waals surface area contributed by atoms with Gasteiger partial charge in [0.25, 0.3) is 11.5 Å². The number of amides is 1. The Bertz CT molecular complexity index is 1080. The number of aromatic nitrogens is 4. The number of fused-ring (bicyclic) bond motifs is 1. The van der Waals surface area contributed by atoms with Crippen molar-refractivity contribution in [2.45, 2.75) is 6.92 Å². The molecular weight excluding hydrogens is 310 g/mol. The number of hydrogen-bond donors (Lipinski definition) is 1. The van der Waals surface area contributed by atoms with E-state index in [-0.39, 0.29) is 16.7 Å². The molecule has 8 nitrogen and oxygen atoms in total. The quantitative estimate of drug-likeness (QED) is 0.743. The molecule has 3 rings (SSSR count). The van der Waals surface area contributed by atoms with Crippen molar-refractivity contribution in [1.29, 1.82) is 0 Å². The van der Waals surface area contributed by atoms with E-state index >= 15 is 0 Å². The third kappa shape index (κ3) is 2.47. The number of hydrogen-bond acceptors (Lipinski definition) is 5. The Hall–Kier alpha value is -3.29. The van der Waals surface area contributed by atoms with E-state index in [1.165, 1.54) is 30.8 Å². The molecule has 24 heavy (non-hydrogen) atoms. The number of pyridine rings is 2. The van der Waals surface area contributed by atoms with Crippen LogP contribution in [0.1, 0.15) is 16.1 Å². The first kappa shape index (κ1) is 15.6. The summed E-state index contributed by atoms with van der Waals surface area (Å²) in [4.78, 5) is 44.8. The van der Waals surface area contributed by atoms with Crippen molar-refractivity contribution >= 4 is 22.8 Å². The summed E-state index contributed by atoms with van der Waals surface area (Å²) in [7, 11) is 2.90. The molecule has 8 heteroatoms. The zero-order valence-electron chi connectivity index (χ0n) is 13.4. The number of carbonyl (C=O) groups excluding carboxylic acids is 1. The van der Waals surface area contributed by atoms with E-state index in [9.17, 15) is 14.4 Å². The summed E-state index contributed by atoms with van der Waals surface area (Å²) < 4.78 is 2.24. The van der Waals surface area contributed by atoms with Crippen LogP contribution >= 0.6 is 0 Å². The molecule has 0 saturated heterocycles. The number of carbonyl (C=O) groups is 1. The summed E-state index contributed by atoms with van der Waals surface area (Å²) in [5.74, 6) is -0.0333. The van der Waals surface area contributed by atoms with Gasteiger partial charge in [-0.1, -0.05) is 6.07 Å². The molecule has 0 aliphatic carbocycles. The molecule has 0 radical (unpaired) electrons. The van der Waals surface area contributed by atoms with E-state index in [2.05, 4.69) is 15.3 Å². The zero-order chi connectivity index (χ0) is 17.4. The molecule has 3 aromatic rings. The lowest BCUT2D eigenvalue weighted by Gasteiger charge is -2.09. The Morgan fingerprint density at radius 1 is 1.12 bits per heavy atom. The molecule has 0 aromatic carbocycles. The molecule has 0 fully saturated rings. The molecular formula is C16H15N5O3. The number of aryl methyl sites for hydroxylation is 2. The van der Waals surface area contributed by atoms with E-state index < -0.39 is 17.2 Å². The summed E-state index contributed by atoms with van der Waals surface area (Å²) in [5, 5.41) is 2.94. The van der Waals surface area contributed by atoms with Gasteiger partial charge in [-0.25, -0.2) is 14.8 Å². The van der Waals surface area contributed by atoms with Crippen LogP contribution in [0.15, 0.2) is 40.1 Å². The van der Waals surface area contributed by atoms with Gasteiger partial charge < -0.3 is 5.32 Å². The van der Waals surface area contributed by atoms with Gasteiger partial charge in [0.2, 0.25) is 0 Å². The molecule has 0 atom stereocenters. The van der Waals surface area contributed by atoms with Crippen LogP contribution in [0.3, 0.4) is 0 Å². The highest BCUT2D eigenvalue weighted by molar-refractivity contribution is 6.03. The first-order chi connectivity index (χ1) is 11.4. The molecule has 0 spiro atoms. The Morgan fingerprint density at radius 3 is 2.58 bits per heavy atom. The van der Waals surface area contributed by atoms with Gasteiger partial charge in [-0.3, -0.25) is 18.7 Å². The number of anilines is 1. The third-order valence-corrected chi connectivity index (χ3v) is 3.78. The molecule has 3 aromatic heterocycles. The molecule has 0 aliphatic heterocycles. The Morgan fingerprint density at radius 2 is 1.88 bits per heavy atom. The minimum atomic E-state index is -0.502. The minimum Gasteiger partial charge on any atom is -0.305 e. The smallest absolute Gasteiger partial charge is 0.305 e. The molecule has 1 amide bonds. The van der Waals surface area contributed by atoms with Crippen molar-refractivity contribution < 1.29 is 4.79 Å². The summed E-state index contributed by atoms with van der Waals surface area (Å²) in [6.45, 7) is 1.82. The van der Waals surface area contributed by atoms with Gasteiger partial charge in [-0.2, -0.15) is 0 Å². The molecule has 0 saturated carbocycles. The lowest BCUT2D eigenvalue weighted by molar-refractivity contribution is 0.102. The van der Waals surface area contributed by atoms with Crippen LogP contribution in [0.5, 0.6) is 0 Å². The van der Waals surface area contributed by atoms with Crippen LogP contribution in [0.4, 0.5) is 5.82 Å². The molecule has 1 N–H and O–H groups in total. The maximum atomic E-state index is 12.4. The average Bonchev–Trinajstić information content (AvgIpc) is 2.59. The van der Waals surface area contributed by atoms with Gasteiger partial charge in [0, 0.05) is 20.3 Å². The monoisotopic (exact) mass is 325 g/mol. The van der Waals surface area contributed by atoms with Crippen LogP contribution < -0.4 is 16.6 Å². The normalized spacial score (nSPS) is 10.8. The van der Waals surface area contributed by atoms with E-state index in [4.69, 9.17) is 0 Å². The fraction of sp³-hybridized carbons (Fsp3) is 0.188. The molecule has 0 unspecified atom stereocenters. The molecule has 3 heterocycles. The highest BCUT2D eigenvalue weighted by Crippen LogP contribution is 2.12. The fourth-order valence-corrected chi connectivity index (χ4v) is 2.37. The van der Waals surface area contributed by atoms with Gasteiger partial charge in [0.05, 0.1) is 5.39 Å². The predicted octanol–water partition coefficient (Wildman–Crippen LogP) is 0.588. The second-order valence-corrected chi connectivity index (χ2v) is 5.40. The summed E-state index contributed by atoms with van der Waals surface area (Å²) in [5.41, 5.74) is 0.114. The van der Waals surface area contributed by atoms with Gasteiger partial charge in [0.15, 0.2) is 0 Å². The summed E-state index contributed by atoms with van der Waals surface area (Å²) >= 11 is 0. The zero-order valence-corrected chi connectivity index (χ0v) is 13.4. The van der Waals surface area contributed by atoms with E-state index in [1.54, 1.807) is 12.3 Å². The predicted molar refractivity (Wildman–Crippen MR) is 89.2 cm³/mol. The average molecular weight is 325 g/mol. The van der Waals surface area contributed by atoms with Crippen LogP contribution in [0, 0.1) is 6.92 Å². The topological polar surface area (TPSA) is 98.9 Å². The Balaban J connectivity index is 2.08. The van der Waals surface area contributed by atoms with Crippen molar-refractivity contribution in [2.24, 2.45) is 14.1 Å². The number of rotatable bonds is 2. The van der Waals surface area contributed by atoms with Crippen molar-refractivity contribution in [3.05, 3.63) is 62.6 Å². The van der Waals surface area contributed by atoms with Crippen molar-refractivity contribution in [3.8, 4) is 0 Å². The first-order valence-electron chi connectivity index (χ1n) is 7.20. The van der Waals surface area contributed by atoms with E-state index in [0.717, 1.165) is 10.1 Å². The maximum absolute atomic E-state index is 12.4. The number of nitrogens with zero attached hydrogens (tertiary/aromatic N) is 4. The van der Waals surface area contributed by atoms with Crippen molar-refractivity contribution in [1.82, 2.24) is 19.1 Å². The summed E-state index contributed by atoms with van der Waals surface area (Å²) in [6, 6.07) is 6.53. The second-order valence-electron chi connectivity index (χ2n) is 5.40. The highest BCUT2D eigenvalue weighted by atomic mass is 16.2. The largest absolute Gasteiger partial charge is 0.332 e. The van der Waals surface area contributed by atoms with Crippen molar-refractivity contribution in [3.63, 3.8) is 0 Å².